The van der Waals surface area contributed by atoms with Gasteiger partial charge in [-0.25, -0.2) is 0 Å². The second kappa shape index (κ2) is 8.30. The van der Waals surface area contributed by atoms with Gasteiger partial charge in [-0.3, -0.25) is 15.0 Å². The van der Waals surface area contributed by atoms with Gasteiger partial charge in [0.15, 0.2) is 0 Å². The molecule has 0 radical (unpaired) electrons. The number of carboxylic acid groups (broad SMARTS) is 1. The predicted octanol–water partition coefficient (Wildman–Crippen LogP) is 2.57. The lowest BCUT2D eigenvalue weighted by molar-refractivity contribution is -0.138. The van der Waals surface area contributed by atoms with E-state index in [-0.39, 0.29) is 11.7 Å². The summed E-state index contributed by atoms with van der Waals surface area (Å²) >= 11 is 1.61. The van der Waals surface area contributed by atoms with E-state index in [9.17, 15) is 4.79 Å². The molecule has 7 nitrogen and oxygen atoms in total. The van der Waals surface area contributed by atoms with Gasteiger partial charge in [0.2, 0.25) is 6.35 Å². The normalized spacial score (nSPS) is 23.1. The molecule has 2 aromatic rings. The number of anilines is 1. The largest absolute Gasteiger partial charge is 0.492 e. The van der Waals surface area contributed by atoms with E-state index < -0.39 is 12.0 Å². The molecule has 1 fully saturated rings. The molecule has 1 saturated heterocycles. The molecule has 8 heteroatoms. The first-order valence-electron chi connectivity index (χ1n) is 9.16. The number of benzene rings is 2. The molecule has 148 valence electrons. The number of fused-ring (bicyclic) bond motifs is 1. The lowest BCUT2D eigenvalue weighted by Crippen LogP contribution is -2.41. The van der Waals surface area contributed by atoms with Crippen molar-refractivity contribution in [2.45, 2.75) is 17.8 Å². The fraction of sp³-hybridized carbons (Fsp3) is 0.350. The second-order valence-corrected chi connectivity index (χ2v) is 7.92. The number of ether oxygens (including phenoxy) is 2. The second-order valence-electron chi connectivity index (χ2n) is 6.78. The third-order valence-corrected chi connectivity index (χ3v) is 6.05. The van der Waals surface area contributed by atoms with Crippen molar-refractivity contribution in [1.29, 1.82) is 0 Å². The molecule has 2 aliphatic heterocycles. The Hall–Kier alpha value is -2.42. The monoisotopic (exact) mass is 401 g/mol. The third kappa shape index (κ3) is 4.19. The number of para-hydroxylation sites is 2. The first kappa shape index (κ1) is 18.9. The van der Waals surface area contributed by atoms with Gasteiger partial charge in [-0.15, -0.1) is 11.8 Å². The number of hydrogen-bond donors (Lipinski definition) is 3. The number of carboxylic acids is 1. The Kier molecular flexibility index (Phi) is 5.61. The topological polar surface area (TPSA) is 83.1 Å². The smallest absolute Gasteiger partial charge is 0.321 e. The van der Waals surface area contributed by atoms with E-state index in [0.717, 1.165) is 22.7 Å². The van der Waals surface area contributed by atoms with Gasteiger partial charge in [0.1, 0.15) is 24.1 Å². The van der Waals surface area contributed by atoms with E-state index in [2.05, 4.69) is 15.5 Å². The van der Waals surface area contributed by atoms with Crippen molar-refractivity contribution in [3.05, 3.63) is 54.1 Å². The molecule has 28 heavy (non-hydrogen) atoms. The number of nitrogens with one attached hydrogen (secondary N) is 2. The molecule has 2 unspecified atom stereocenters. The minimum absolute atomic E-state index is 0.00788. The first-order valence-corrected chi connectivity index (χ1v) is 10.2. The summed E-state index contributed by atoms with van der Waals surface area (Å²) in [6.45, 7) is 1.24. The number of hydrogen-bond acceptors (Lipinski definition) is 7. The van der Waals surface area contributed by atoms with Crippen LogP contribution < -0.4 is 20.1 Å². The van der Waals surface area contributed by atoms with E-state index in [1.54, 1.807) is 11.8 Å². The molecule has 3 N–H and O–H groups in total. The summed E-state index contributed by atoms with van der Waals surface area (Å²) < 4.78 is 11.7. The lowest BCUT2D eigenvalue weighted by Gasteiger charge is -2.23. The maximum atomic E-state index is 11.1. The van der Waals surface area contributed by atoms with Crippen LogP contribution in [-0.2, 0) is 4.79 Å². The molecule has 0 aromatic heterocycles. The van der Waals surface area contributed by atoms with Crippen LogP contribution in [0.1, 0.15) is 10.9 Å². The van der Waals surface area contributed by atoms with E-state index >= 15 is 0 Å². The first-order chi connectivity index (χ1) is 13.6. The maximum Gasteiger partial charge on any atom is 0.321 e. The van der Waals surface area contributed by atoms with E-state index in [4.69, 9.17) is 14.6 Å². The molecular weight excluding hydrogens is 378 g/mol. The number of likely N-dealkylation sites (N-methyl/N-ethyl adjacent to an activating group) is 1. The molecule has 2 heterocycles. The lowest BCUT2D eigenvalue weighted by atomic mass is 10.2. The van der Waals surface area contributed by atoms with Crippen LogP contribution in [-0.4, -0.2) is 54.3 Å². The molecule has 0 spiro atoms. The van der Waals surface area contributed by atoms with Gasteiger partial charge in [-0.05, 0) is 36.9 Å². The van der Waals surface area contributed by atoms with Crippen LogP contribution >= 0.6 is 11.8 Å². The van der Waals surface area contributed by atoms with Gasteiger partial charge in [-0.1, -0.05) is 24.3 Å². The fourth-order valence-corrected chi connectivity index (χ4v) is 4.38. The van der Waals surface area contributed by atoms with Gasteiger partial charge < -0.3 is 19.9 Å². The average Bonchev–Trinajstić information content (AvgIpc) is 3.36. The summed E-state index contributed by atoms with van der Waals surface area (Å²) in [5.74, 6) is 1.42. The Labute approximate surface area is 168 Å². The van der Waals surface area contributed by atoms with Crippen molar-refractivity contribution < 1.29 is 19.4 Å². The standard InChI is InChI=1S/C20H23N3O4S/c1-23(20-22-15-4-2-3-5-17(15)27-20)10-11-26-14-8-6-13(7-9-14)18-21-16(12-28-18)19(24)25/h2-9,16,18,20-22H,10-12H2,1H3,(H,24,25)/t16-,18?,20?/m0/s1. The van der Waals surface area contributed by atoms with Gasteiger partial charge in [0.25, 0.3) is 0 Å². The summed E-state index contributed by atoms with van der Waals surface area (Å²) in [4.78, 5) is 13.1. The van der Waals surface area contributed by atoms with Crippen LogP contribution in [0.5, 0.6) is 11.5 Å². The van der Waals surface area contributed by atoms with E-state index in [1.807, 2.05) is 55.6 Å². The summed E-state index contributed by atoms with van der Waals surface area (Å²) in [6, 6.07) is 15.2. The zero-order chi connectivity index (χ0) is 19.5. The van der Waals surface area contributed by atoms with Gasteiger partial charge in [0.05, 0.1) is 11.1 Å². The van der Waals surface area contributed by atoms with Gasteiger partial charge in [-0.2, -0.15) is 0 Å². The van der Waals surface area contributed by atoms with Crippen LogP contribution in [0.25, 0.3) is 0 Å². The van der Waals surface area contributed by atoms with E-state index in [0.29, 0.717) is 18.9 Å². The van der Waals surface area contributed by atoms with Crippen molar-refractivity contribution in [2.75, 3.05) is 31.3 Å². The van der Waals surface area contributed by atoms with Crippen LogP contribution in [0.3, 0.4) is 0 Å². The molecule has 2 aliphatic rings. The Morgan fingerprint density at radius 2 is 2.07 bits per heavy atom. The molecule has 0 aliphatic carbocycles. The van der Waals surface area contributed by atoms with Crippen molar-refractivity contribution in [3.63, 3.8) is 0 Å². The zero-order valence-electron chi connectivity index (χ0n) is 15.5. The number of carbonyl (C=O) groups is 1. The Morgan fingerprint density at radius 3 is 2.79 bits per heavy atom. The van der Waals surface area contributed by atoms with Crippen LogP contribution in [0.4, 0.5) is 5.69 Å². The summed E-state index contributed by atoms with van der Waals surface area (Å²) in [5, 5.41) is 15.5. The Morgan fingerprint density at radius 1 is 1.29 bits per heavy atom. The Balaban J connectivity index is 1.23. The number of thioether (sulfide) groups is 1. The maximum absolute atomic E-state index is 11.1. The SMILES string of the molecule is CN(CCOc1ccc(C2N[C@H](C(=O)O)CS2)cc1)C1Nc2ccccc2O1. The molecule has 4 rings (SSSR count). The van der Waals surface area contributed by atoms with Gasteiger partial charge in [0, 0.05) is 12.3 Å². The van der Waals surface area contributed by atoms with Crippen molar-refractivity contribution in [1.82, 2.24) is 10.2 Å². The number of rotatable bonds is 7. The molecule has 3 atom stereocenters. The third-order valence-electron chi connectivity index (χ3n) is 4.78. The minimum Gasteiger partial charge on any atom is -0.492 e. The highest BCUT2D eigenvalue weighted by Gasteiger charge is 2.30. The van der Waals surface area contributed by atoms with Crippen molar-refractivity contribution >= 4 is 23.4 Å². The van der Waals surface area contributed by atoms with Crippen LogP contribution in [0.2, 0.25) is 0 Å². The minimum atomic E-state index is -0.803. The summed E-state index contributed by atoms with van der Waals surface area (Å²) in [6.07, 6.45) is -0.198. The number of aliphatic carboxylic acids is 1. The highest BCUT2D eigenvalue weighted by Crippen LogP contribution is 2.34. The molecule has 0 amide bonds. The van der Waals surface area contributed by atoms with Crippen molar-refractivity contribution in [3.8, 4) is 11.5 Å². The average molecular weight is 401 g/mol. The molecule has 2 aromatic carbocycles. The fourth-order valence-electron chi connectivity index (χ4n) is 3.14. The summed E-state index contributed by atoms with van der Waals surface area (Å²) in [5.41, 5.74) is 2.05. The predicted molar refractivity (Wildman–Crippen MR) is 109 cm³/mol. The zero-order valence-corrected chi connectivity index (χ0v) is 16.3. The van der Waals surface area contributed by atoms with Gasteiger partial charge >= 0.3 is 5.97 Å². The van der Waals surface area contributed by atoms with Crippen LogP contribution in [0, 0.1) is 0 Å². The molecule has 0 saturated carbocycles. The highest BCUT2D eigenvalue weighted by atomic mass is 32.2. The molecular formula is C20H23N3O4S. The quantitative estimate of drug-likeness (QED) is 0.653. The highest BCUT2D eigenvalue weighted by molar-refractivity contribution is 7.99. The number of nitrogens with zero attached hydrogens (tertiary/aromatic N) is 1. The van der Waals surface area contributed by atoms with Crippen molar-refractivity contribution in [2.24, 2.45) is 0 Å². The van der Waals surface area contributed by atoms with Crippen LogP contribution in [0.15, 0.2) is 48.5 Å². The Bertz CT molecular complexity index is 807. The summed E-state index contributed by atoms with van der Waals surface area (Å²) in [7, 11) is 1.98. The van der Waals surface area contributed by atoms with E-state index in [1.165, 1.54) is 0 Å². The molecule has 0 bridgehead atoms.